The van der Waals surface area contributed by atoms with Gasteiger partial charge in [-0.15, -0.1) is 0 Å². The van der Waals surface area contributed by atoms with Crippen molar-refractivity contribution in [3.63, 3.8) is 0 Å². The Morgan fingerprint density at radius 3 is 2.27 bits per heavy atom. The summed E-state index contributed by atoms with van der Waals surface area (Å²) < 4.78 is 0. The fraction of sp³-hybridized carbons (Fsp3) is 0.846. The lowest BCUT2D eigenvalue weighted by atomic mass is 10.3. The maximum Gasteiger partial charge on any atom is 0.0511 e. The fourth-order valence-corrected chi connectivity index (χ4v) is 4.28. The lowest BCUT2D eigenvalue weighted by molar-refractivity contribution is 0.417. The molecule has 2 heteroatoms. The topological polar surface area (TPSA) is 3.24 Å². The van der Waals surface area contributed by atoms with Gasteiger partial charge in [0.25, 0.3) is 0 Å². The molecule has 0 aromatic heterocycles. The third-order valence-corrected chi connectivity index (χ3v) is 6.20. The minimum Gasteiger partial charge on any atom is -0.378 e. The van der Waals surface area contributed by atoms with Crippen molar-refractivity contribution < 1.29 is 0 Å². The first-order chi connectivity index (χ1) is 6.93. The zero-order valence-corrected chi connectivity index (χ0v) is 12.6. The molecule has 0 fully saturated rings. The van der Waals surface area contributed by atoms with Crippen molar-refractivity contribution in [2.24, 2.45) is 0 Å². The summed E-state index contributed by atoms with van der Waals surface area (Å²) in [6.07, 6.45) is 5.03. The first-order valence-electron chi connectivity index (χ1n) is 6.31. The van der Waals surface area contributed by atoms with Crippen LogP contribution in [0.1, 0.15) is 33.6 Å². The van der Waals surface area contributed by atoms with Crippen LogP contribution in [0.3, 0.4) is 0 Å². The first kappa shape index (κ1) is 14.8. The van der Waals surface area contributed by atoms with Crippen molar-refractivity contribution in [3.05, 3.63) is 11.8 Å². The van der Waals surface area contributed by atoms with Crippen LogP contribution in [-0.2, 0) is 0 Å². The SMILES string of the molecule is CCCN(C)C(C)=CC[Si](C)(C)CCC. The van der Waals surface area contributed by atoms with Crippen LogP contribution in [0.25, 0.3) is 0 Å². The molecule has 0 N–H and O–H groups in total. The van der Waals surface area contributed by atoms with Crippen LogP contribution in [0.2, 0.25) is 25.2 Å². The molecular weight excluding hydrogens is 198 g/mol. The third kappa shape index (κ3) is 6.77. The molecule has 15 heavy (non-hydrogen) atoms. The van der Waals surface area contributed by atoms with E-state index in [1.165, 1.54) is 37.2 Å². The summed E-state index contributed by atoms with van der Waals surface area (Å²) in [6, 6.07) is 2.79. The van der Waals surface area contributed by atoms with Crippen LogP contribution < -0.4 is 0 Å². The molecule has 0 aliphatic carbocycles. The Balaban J connectivity index is 4.13. The molecule has 90 valence electrons. The number of allylic oxidation sites excluding steroid dienone is 2. The van der Waals surface area contributed by atoms with Crippen LogP contribution in [0.15, 0.2) is 11.8 Å². The predicted octanol–water partition coefficient (Wildman–Crippen LogP) is 4.35. The van der Waals surface area contributed by atoms with Gasteiger partial charge in [-0.05, 0) is 19.4 Å². The van der Waals surface area contributed by atoms with E-state index in [4.69, 9.17) is 0 Å². The van der Waals surface area contributed by atoms with Gasteiger partial charge in [0.1, 0.15) is 0 Å². The Kier molecular flexibility index (Phi) is 6.99. The van der Waals surface area contributed by atoms with Crippen LogP contribution in [0.5, 0.6) is 0 Å². The summed E-state index contributed by atoms with van der Waals surface area (Å²) in [5.41, 5.74) is 1.45. The highest BCUT2D eigenvalue weighted by molar-refractivity contribution is 6.77. The highest BCUT2D eigenvalue weighted by Crippen LogP contribution is 2.19. The van der Waals surface area contributed by atoms with Gasteiger partial charge in [0.2, 0.25) is 0 Å². The van der Waals surface area contributed by atoms with Gasteiger partial charge < -0.3 is 4.90 Å². The molecule has 0 bridgehead atoms. The van der Waals surface area contributed by atoms with Gasteiger partial charge >= 0.3 is 0 Å². The highest BCUT2D eigenvalue weighted by atomic mass is 28.3. The quantitative estimate of drug-likeness (QED) is 0.585. The van der Waals surface area contributed by atoms with Gasteiger partial charge in [0.15, 0.2) is 0 Å². The Labute approximate surface area is 97.6 Å². The average Bonchev–Trinajstić information content (AvgIpc) is 2.14. The van der Waals surface area contributed by atoms with E-state index < -0.39 is 8.07 Å². The normalized spacial score (nSPS) is 13.1. The summed E-state index contributed by atoms with van der Waals surface area (Å²) in [6.45, 7) is 13.0. The minimum absolute atomic E-state index is 0.938. The Hall–Kier alpha value is -0.243. The standard InChI is InChI=1S/C13H29NSi/c1-7-10-14(4)13(3)9-12-15(5,6)11-8-2/h9H,7-8,10-12H2,1-6H3. The van der Waals surface area contributed by atoms with E-state index in [1.807, 2.05) is 0 Å². The van der Waals surface area contributed by atoms with E-state index in [2.05, 4.69) is 51.9 Å². The molecule has 0 amide bonds. The van der Waals surface area contributed by atoms with E-state index in [9.17, 15) is 0 Å². The van der Waals surface area contributed by atoms with Crippen LogP contribution >= 0.6 is 0 Å². The molecule has 0 saturated heterocycles. The Bertz CT molecular complexity index is 197. The molecule has 0 aliphatic rings. The fourth-order valence-electron chi connectivity index (χ4n) is 1.87. The van der Waals surface area contributed by atoms with Gasteiger partial charge in [-0.3, -0.25) is 0 Å². The molecule has 0 radical (unpaired) electrons. The van der Waals surface area contributed by atoms with Crippen molar-refractivity contribution >= 4 is 8.07 Å². The average molecular weight is 227 g/mol. The summed E-state index contributed by atoms with van der Waals surface area (Å²) >= 11 is 0. The smallest absolute Gasteiger partial charge is 0.0511 e. The summed E-state index contributed by atoms with van der Waals surface area (Å²) in [4.78, 5) is 2.37. The van der Waals surface area contributed by atoms with Gasteiger partial charge in [-0.25, -0.2) is 0 Å². The second kappa shape index (κ2) is 7.10. The summed E-state index contributed by atoms with van der Waals surface area (Å²) in [5, 5.41) is 0. The number of hydrogen-bond donors (Lipinski definition) is 0. The van der Waals surface area contributed by atoms with Gasteiger partial charge in [-0.1, -0.05) is 45.5 Å². The van der Waals surface area contributed by atoms with Gasteiger partial charge in [0, 0.05) is 19.3 Å². The maximum absolute atomic E-state index is 2.50. The van der Waals surface area contributed by atoms with Crippen molar-refractivity contribution in [2.75, 3.05) is 13.6 Å². The highest BCUT2D eigenvalue weighted by Gasteiger charge is 2.17. The van der Waals surface area contributed by atoms with Crippen molar-refractivity contribution in [1.29, 1.82) is 0 Å². The first-order valence-corrected chi connectivity index (χ1v) is 9.72. The molecule has 0 spiro atoms. The van der Waals surface area contributed by atoms with Crippen molar-refractivity contribution in [1.82, 2.24) is 4.90 Å². The molecule has 0 aromatic carbocycles. The van der Waals surface area contributed by atoms with E-state index in [0.717, 1.165) is 0 Å². The third-order valence-electron chi connectivity index (χ3n) is 3.04. The Morgan fingerprint density at radius 1 is 1.20 bits per heavy atom. The van der Waals surface area contributed by atoms with E-state index in [0.29, 0.717) is 0 Å². The number of nitrogens with zero attached hydrogens (tertiary/aromatic N) is 1. The second-order valence-electron chi connectivity index (χ2n) is 5.39. The van der Waals surface area contributed by atoms with Crippen LogP contribution in [0.4, 0.5) is 0 Å². The molecule has 0 saturated carbocycles. The lowest BCUT2D eigenvalue weighted by Crippen LogP contribution is -2.24. The predicted molar refractivity (Wildman–Crippen MR) is 74.1 cm³/mol. The van der Waals surface area contributed by atoms with Crippen LogP contribution in [-0.4, -0.2) is 26.6 Å². The molecule has 0 heterocycles. The monoisotopic (exact) mass is 227 g/mol. The second-order valence-corrected chi connectivity index (χ2v) is 10.6. The lowest BCUT2D eigenvalue weighted by Gasteiger charge is -2.23. The largest absolute Gasteiger partial charge is 0.378 e. The summed E-state index contributed by atoms with van der Waals surface area (Å²) in [7, 11) is 1.26. The van der Waals surface area contributed by atoms with Crippen LogP contribution in [0, 0.1) is 0 Å². The minimum atomic E-state index is -0.938. The molecule has 1 nitrogen and oxygen atoms in total. The van der Waals surface area contributed by atoms with Gasteiger partial charge in [-0.2, -0.15) is 0 Å². The Morgan fingerprint density at radius 2 is 1.80 bits per heavy atom. The number of hydrogen-bond acceptors (Lipinski definition) is 1. The number of rotatable bonds is 7. The molecule has 0 atom stereocenters. The zero-order chi connectivity index (χ0) is 11.9. The molecule has 0 aromatic rings. The molecular formula is C13H29NSi. The van der Waals surface area contributed by atoms with E-state index in [1.54, 1.807) is 0 Å². The molecule has 0 unspecified atom stereocenters. The van der Waals surface area contributed by atoms with Gasteiger partial charge in [0.05, 0.1) is 8.07 Å². The van der Waals surface area contributed by atoms with E-state index in [-0.39, 0.29) is 0 Å². The maximum atomic E-state index is 2.50. The van der Waals surface area contributed by atoms with Crippen molar-refractivity contribution in [3.8, 4) is 0 Å². The molecule has 0 aliphatic heterocycles. The zero-order valence-electron chi connectivity index (χ0n) is 11.6. The molecule has 0 rings (SSSR count). The summed E-state index contributed by atoms with van der Waals surface area (Å²) in [5.74, 6) is 0. The van der Waals surface area contributed by atoms with Crippen molar-refractivity contribution in [2.45, 2.75) is 58.8 Å². The van der Waals surface area contributed by atoms with E-state index >= 15 is 0 Å².